The molecule has 0 fully saturated rings. The van der Waals surface area contributed by atoms with Gasteiger partial charge in [-0.3, -0.25) is 4.98 Å². The summed E-state index contributed by atoms with van der Waals surface area (Å²) in [5.41, 5.74) is 3.80. The van der Waals surface area contributed by atoms with Crippen LogP contribution in [0.25, 0.3) is 10.9 Å². The maximum Gasteiger partial charge on any atom is 0.110 e. The van der Waals surface area contributed by atoms with Gasteiger partial charge in [0.25, 0.3) is 0 Å². The highest BCUT2D eigenvalue weighted by Crippen LogP contribution is 2.37. The molecule has 1 unspecified atom stereocenters. The molecule has 0 amide bonds. The monoisotopic (exact) mass is 397 g/mol. The largest absolute Gasteiger partial charge is 0.383 e. The van der Waals surface area contributed by atoms with Gasteiger partial charge in [-0.05, 0) is 60.8 Å². The third-order valence-corrected chi connectivity index (χ3v) is 6.49. The minimum atomic E-state index is -0.972. The van der Waals surface area contributed by atoms with E-state index in [1.807, 2.05) is 18.2 Å². The van der Waals surface area contributed by atoms with Gasteiger partial charge >= 0.3 is 0 Å². The van der Waals surface area contributed by atoms with Crippen molar-refractivity contribution in [2.75, 3.05) is 20.1 Å². The molecular weight excluding hydrogens is 370 g/mol. The van der Waals surface area contributed by atoms with Crippen molar-refractivity contribution in [2.45, 2.75) is 38.8 Å². The second kappa shape index (κ2) is 7.51. The molecule has 5 heteroatoms. The molecule has 28 heavy (non-hydrogen) atoms. The number of benzene rings is 1. The summed E-state index contributed by atoms with van der Waals surface area (Å²) in [4.78, 5) is 6.50. The highest BCUT2D eigenvalue weighted by Gasteiger charge is 2.35. The van der Waals surface area contributed by atoms with Crippen molar-refractivity contribution in [2.24, 2.45) is 5.92 Å². The second-order valence-electron chi connectivity index (χ2n) is 8.29. The van der Waals surface area contributed by atoms with Gasteiger partial charge in [0.2, 0.25) is 0 Å². The number of nitrogens with zero attached hydrogens (tertiary/aromatic N) is 3. The first-order chi connectivity index (χ1) is 13.4. The molecule has 4 rings (SSSR count). The van der Waals surface area contributed by atoms with E-state index in [2.05, 4.69) is 47.5 Å². The van der Waals surface area contributed by atoms with Crippen LogP contribution in [0.5, 0.6) is 0 Å². The van der Waals surface area contributed by atoms with Gasteiger partial charge in [-0.15, -0.1) is 0 Å². The minimum absolute atomic E-state index is 0.0590. The van der Waals surface area contributed by atoms with E-state index in [1.165, 1.54) is 16.6 Å². The first-order valence-corrected chi connectivity index (χ1v) is 10.4. The van der Waals surface area contributed by atoms with E-state index in [0.29, 0.717) is 6.54 Å². The fraction of sp³-hybridized carbons (Fsp3) is 0.435. The van der Waals surface area contributed by atoms with Crippen LogP contribution in [0.1, 0.15) is 30.7 Å². The lowest BCUT2D eigenvalue weighted by molar-refractivity contribution is -0.0261. The number of halogens is 1. The van der Waals surface area contributed by atoms with Crippen LogP contribution in [-0.4, -0.2) is 39.7 Å². The summed E-state index contributed by atoms with van der Waals surface area (Å²) in [6.07, 6.45) is 5.49. The van der Waals surface area contributed by atoms with Crippen LogP contribution >= 0.6 is 11.6 Å². The molecule has 0 bridgehead atoms. The lowest BCUT2D eigenvalue weighted by Crippen LogP contribution is -2.37. The Morgan fingerprint density at radius 1 is 1.14 bits per heavy atom. The van der Waals surface area contributed by atoms with Crippen LogP contribution in [0.15, 0.2) is 42.7 Å². The maximum absolute atomic E-state index is 11.8. The standard InChI is InChI=1S/C23H28ClN3O/c1-16(2)23(28,17-6-10-25-11-7-17)15-27-21-5-4-18(24)14-20(21)19-8-12-26(3)13-9-22(19)27/h4-7,10-11,14,16,28H,8-9,12-13,15H2,1-3H3. The molecule has 0 spiro atoms. The van der Waals surface area contributed by atoms with Crippen LogP contribution in [0.2, 0.25) is 5.02 Å². The third-order valence-electron chi connectivity index (χ3n) is 6.26. The van der Waals surface area contributed by atoms with Gasteiger partial charge in [0.05, 0.1) is 6.54 Å². The van der Waals surface area contributed by atoms with Crippen molar-refractivity contribution < 1.29 is 5.11 Å². The lowest BCUT2D eigenvalue weighted by atomic mass is 9.83. The second-order valence-corrected chi connectivity index (χ2v) is 8.73. The van der Waals surface area contributed by atoms with Crippen LogP contribution in [0.4, 0.5) is 0 Å². The third kappa shape index (κ3) is 3.34. The Morgan fingerprint density at radius 2 is 1.86 bits per heavy atom. The summed E-state index contributed by atoms with van der Waals surface area (Å²) in [6, 6.07) is 9.98. The zero-order valence-electron chi connectivity index (χ0n) is 16.8. The zero-order chi connectivity index (χ0) is 19.9. The van der Waals surface area contributed by atoms with Crippen LogP contribution in [0.3, 0.4) is 0 Å². The van der Waals surface area contributed by atoms with Crippen molar-refractivity contribution in [3.63, 3.8) is 0 Å². The molecule has 1 aliphatic heterocycles. The molecule has 3 aromatic rings. The number of aromatic nitrogens is 2. The highest BCUT2D eigenvalue weighted by atomic mass is 35.5. The molecule has 4 nitrogen and oxygen atoms in total. The summed E-state index contributed by atoms with van der Waals surface area (Å²) >= 11 is 6.34. The number of hydrogen-bond acceptors (Lipinski definition) is 3. The normalized spacial score (nSPS) is 17.5. The molecular formula is C23H28ClN3O. The van der Waals surface area contributed by atoms with E-state index >= 15 is 0 Å². The topological polar surface area (TPSA) is 41.3 Å². The summed E-state index contributed by atoms with van der Waals surface area (Å²) in [7, 11) is 2.17. The molecule has 0 aliphatic carbocycles. The maximum atomic E-state index is 11.8. The smallest absolute Gasteiger partial charge is 0.110 e. The average molecular weight is 398 g/mol. The quantitative estimate of drug-likeness (QED) is 0.715. The fourth-order valence-electron chi connectivity index (χ4n) is 4.39. The van der Waals surface area contributed by atoms with Crippen molar-refractivity contribution >= 4 is 22.5 Å². The van der Waals surface area contributed by atoms with E-state index < -0.39 is 5.60 Å². The van der Waals surface area contributed by atoms with Crippen LogP contribution in [0, 0.1) is 5.92 Å². The van der Waals surface area contributed by atoms with Crippen molar-refractivity contribution in [1.82, 2.24) is 14.5 Å². The molecule has 0 saturated heterocycles. The SMILES string of the molecule is CC(C)C(O)(Cn1c2c(c3cc(Cl)ccc31)CCN(C)CC2)c1ccncc1. The van der Waals surface area contributed by atoms with Crippen molar-refractivity contribution in [3.8, 4) is 0 Å². The fourth-order valence-corrected chi connectivity index (χ4v) is 4.57. The first kappa shape index (κ1) is 19.4. The Morgan fingerprint density at radius 3 is 2.57 bits per heavy atom. The van der Waals surface area contributed by atoms with Crippen LogP contribution in [-0.2, 0) is 25.0 Å². The van der Waals surface area contributed by atoms with Gasteiger partial charge in [-0.25, -0.2) is 0 Å². The lowest BCUT2D eigenvalue weighted by Gasteiger charge is -2.34. The van der Waals surface area contributed by atoms with Gasteiger partial charge in [0, 0.05) is 53.5 Å². The summed E-state index contributed by atoms with van der Waals surface area (Å²) in [6.45, 7) is 6.74. The molecule has 3 heterocycles. The Bertz CT molecular complexity index is 982. The molecule has 2 aromatic heterocycles. The van der Waals surface area contributed by atoms with E-state index in [-0.39, 0.29) is 5.92 Å². The number of hydrogen-bond donors (Lipinski definition) is 1. The van der Waals surface area contributed by atoms with Crippen LogP contribution < -0.4 is 0 Å². The Kier molecular flexibility index (Phi) is 5.21. The minimum Gasteiger partial charge on any atom is -0.383 e. The molecule has 0 radical (unpaired) electrons. The Balaban J connectivity index is 1.88. The van der Waals surface area contributed by atoms with E-state index in [4.69, 9.17) is 11.6 Å². The van der Waals surface area contributed by atoms with Gasteiger partial charge in [0.1, 0.15) is 5.60 Å². The number of likely N-dealkylation sites (N-methyl/N-ethyl adjacent to an activating group) is 1. The van der Waals surface area contributed by atoms with Crippen molar-refractivity contribution in [1.29, 1.82) is 0 Å². The summed E-state index contributed by atoms with van der Waals surface area (Å²) in [5.74, 6) is 0.0590. The molecule has 1 N–H and O–H groups in total. The molecule has 1 atom stereocenters. The number of rotatable bonds is 4. The molecule has 1 aromatic carbocycles. The van der Waals surface area contributed by atoms with E-state index in [0.717, 1.165) is 42.0 Å². The van der Waals surface area contributed by atoms with Gasteiger partial charge in [-0.2, -0.15) is 0 Å². The van der Waals surface area contributed by atoms with Gasteiger partial charge in [0.15, 0.2) is 0 Å². The number of fused-ring (bicyclic) bond motifs is 3. The molecule has 0 saturated carbocycles. The number of aliphatic hydroxyl groups is 1. The predicted molar refractivity (Wildman–Crippen MR) is 115 cm³/mol. The van der Waals surface area contributed by atoms with Gasteiger partial charge in [-0.1, -0.05) is 25.4 Å². The summed E-state index contributed by atoms with van der Waals surface area (Å²) in [5, 5.41) is 13.8. The number of pyridine rings is 1. The first-order valence-electron chi connectivity index (χ1n) is 10.0. The Hall–Kier alpha value is -1.88. The summed E-state index contributed by atoms with van der Waals surface area (Å²) < 4.78 is 2.33. The van der Waals surface area contributed by atoms with Gasteiger partial charge < -0.3 is 14.6 Å². The highest BCUT2D eigenvalue weighted by molar-refractivity contribution is 6.31. The van der Waals surface area contributed by atoms with E-state index in [1.54, 1.807) is 12.4 Å². The zero-order valence-corrected chi connectivity index (χ0v) is 17.6. The van der Waals surface area contributed by atoms with E-state index in [9.17, 15) is 5.11 Å². The molecule has 1 aliphatic rings. The molecule has 148 valence electrons. The predicted octanol–water partition coefficient (Wildman–Crippen LogP) is 4.26. The Labute approximate surface area is 171 Å². The van der Waals surface area contributed by atoms with Crippen molar-refractivity contribution in [3.05, 3.63) is 64.6 Å². The average Bonchev–Trinajstić information content (AvgIpc) is 2.82.